The second-order valence-corrected chi connectivity index (χ2v) is 4.01. The van der Waals surface area contributed by atoms with E-state index in [1.165, 1.54) is 12.0 Å². The Balaban J connectivity index is 2.78. The van der Waals surface area contributed by atoms with Crippen molar-refractivity contribution in [3.8, 4) is 0 Å². The van der Waals surface area contributed by atoms with Gasteiger partial charge in [0, 0.05) is 11.5 Å². The SMILES string of the molecule is COC(=O)CC(=O)N(C)c1ccccc1Br. The quantitative estimate of drug-likeness (QED) is 0.630. The molecule has 0 aromatic heterocycles. The van der Waals surface area contributed by atoms with E-state index in [4.69, 9.17) is 0 Å². The summed E-state index contributed by atoms with van der Waals surface area (Å²) in [6.07, 6.45) is -0.256. The summed E-state index contributed by atoms with van der Waals surface area (Å²) in [5, 5.41) is 0. The normalized spacial score (nSPS) is 9.69. The van der Waals surface area contributed by atoms with Crippen molar-refractivity contribution in [1.29, 1.82) is 0 Å². The van der Waals surface area contributed by atoms with Crippen LogP contribution in [-0.2, 0) is 14.3 Å². The number of carbonyl (C=O) groups excluding carboxylic acids is 2. The smallest absolute Gasteiger partial charge is 0.315 e. The second kappa shape index (κ2) is 5.65. The van der Waals surface area contributed by atoms with Gasteiger partial charge >= 0.3 is 5.97 Å². The zero-order chi connectivity index (χ0) is 12.1. The maximum atomic E-state index is 11.7. The Kier molecular flexibility index (Phi) is 4.49. The van der Waals surface area contributed by atoms with Crippen molar-refractivity contribution >= 4 is 33.5 Å². The van der Waals surface area contributed by atoms with E-state index >= 15 is 0 Å². The molecule has 0 saturated carbocycles. The fourth-order valence-electron chi connectivity index (χ4n) is 1.17. The molecule has 1 aromatic rings. The van der Waals surface area contributed by atoms with Gasteiger partial charge in [-0.3, -0.25) is 9.59 Å². The van der Waals surface area contributed by atoms with Crippen molar-refractivity contribution in [1.82, 2.24) is 0 Å². The maximum Gasteiger partial charge on any atom is 0.315 e. The molecule has 0 bridgehead atoms. The highest BCUT2D eigenvalue weighted by atomic mass is 79.9. The Morgan fingerprint density at radius 1 is 1.38 bits per heavy atom. The van der Waals surface area contributed by atoms with Crippen LogP contribution in [0.25, 0.3) is 0 Å². The molecule has 5 heteroatoms. The molecule has 1 aromatic carbocycles. The summed E-state index contributed by atoms with van der Waals surface area (Å²) >= 11 is 3.34. The summed E-state index contributed by atoms with van der Waals surface area (Å²) in [6, 6.07) is 7.30. The van der Waals surface area contributed by atoms with Crippen LogP contribution in [0.3, 0.4) is 0 Å². The van der Waals surface area contributed by atoms with E-state index in [9.17, 15) is 9.59 Å². The number of halogens is 1. The van der Waals surface area contributed by atoms with Crippen LogP contribution in [0.5, 0.6) is 0 Å². The standard InChI is InChI=1S/C11H12BrNO3/c1-13(10(14)7-11(15)16-2)9-6-4-3-5-8(9)12/h3-6H,7H2,1-2H3. The van der Waals surface area contributed by atoms with E-state index < -0.39 is 5.97 Å². The van der Waals surface area contributed by atoms with Crippen molar-refractivity contribution in [3.63, 3.8) is 0 Å². The van der Waals surface area contributed by atoms with E-state index in [2.05, 4.69) is 20.7 Å². The summed E-state index contributed by atoms with van der Waals surface area (Å²) in [4.78, 5) is 24.0. The van der Waals surface area contributed by atoms with Gasteiger partial charge < -0.3 is 9.64 Å². The second-order valence-electron chi connectivity index (χ2n) is 3.16. The van der Waals surface area contributed by atoms with E-state index in [-0.39, 0.29) is 12.3 Å². The first-order valence-corrected chi connectivity index (χ1v) is 5.43. The number of rotatable bonds is 3. The minimum atomic E-state index is -0.538. The van der Waals surface area contributed by atoms with Gasteiger partial charge in [-0.15, -0.1) is 0 Å². The largest absolute Gasteiger partial charge is 0.469 e. The maximum absolute atomic E-state index is 11.7. The number of nitrogens with zero attached hydrogens (tertiary/aromatic N) is 1. The van der Waals surface area contributed by atoms with Gasteiger partial charge in [-0.1, -0.05) is 12.1 Å². The molecule has 0 radical (unpaired) electrons. The molecule has 86 valence electrons. The summed E-state index contributed by atoms with van der Waals surface area (Å²) < 4.78 is 5.24. The molecule has 0 aliphatic rings. The lowest BCUT2D eigenvalue weighted by atomic mass is 10.3. The van der Waals surface area contributed by atoms with Crippen LogP contribution >= 0.6 is 15.9 Å². The lowest BCUT2D eigenvalue weighted by Crippen LogP contribution is -2.28. The molecule has 0 heterocycles. The first-order chi connectivity index (χ1) is 7.56. The fourth-order valence-corrected chi connectivity index (χ4v) is 1.72. The highest BCUT2D eigenvalue weighted by molar-refractivity contribution is 9.10. The Labute approximate surface area is 102 Å². The molecular weight excluding hydrogens is 274 g/mol. The molecule has 0 aliphatic heterocycles. The molecule has 0 aliphatic carbocycles. The van der Waals surface area contributed by atoms with Gasteiger partial charge in [0.25, 0.3) is 0 Å². The third kappa shape index (κ3) is 3.06. The van der Waals surface area contributed by atoms with Gasteiger partial charge in [-0.05, 0) is 28.1 Å². The van der Waals surface area contributed by atoms with Gasteiger partial charge in [-0.2, -0.15) is 0 Å². The van der Waals surface area contributed by atoms with Crippen LogP contribution in [0.1, 0.15) is 6.42 Å². The van der Waals surface area contributed by atoms with Gasteiger partial charge in [0.05, 0.1) is 12.8 Å². The van der Waals surface area contributed by atoms with Gasteiger partial charge in [0.15, 0.2) is 0 Å². The molecule has 16 heavy (non-hydrogen) atoms. The first-order valence-electron chi connectivity index (χ1n) is 4.64. The van der Waals surface area contributed by atoms with Gasteiger partial charge in [-0.25, -0.2) is 0 Å². The van der Waals surface area contributed by atoms with Crippen molar-refractivity contribution in [2.75, 3.05) is 19.1 Å². The highest BCUT2D eigenvalue weighted by Gasteiger charge is 2.16. The van der Waals surface area contributed by atoms with Crippen molar-refractivity contribution in [2.24, 2.45) is 0 Å². The summed E-state index contributed by atoms with van der Waals surface area (Å²) in [5.74, 6) is -0.845. The molecule has 0 fully saturated rings. The van der Waals surface area contributed by atoms with Gasteiger partial charge in [0.2, 0.25) is 5.91 Å². The average molecular weight is 286 g/mol. The third-order valence-electron chi connectivity index (χ3n) is 2.11. The Hall–Kier alpha value is -1.36. The molecule has 1 rings (SSSR count). The lowest BCUT2D eigenvalue weighted by Gasteiger charge is -2.18. The number of hydrogen-bond acceptors (Lipinski definition) is 3. The zero-order valence-corrected chi connectivity index (χ0v) is 10.7. The lowest BCUT2D eigenvalue weighted by molar-refractivity contribution is -0.143. The number of para-hydroxylation sites is 1. The molecule has 0 N–H and O–H groups in total. The number of carbonyl (C=O) groups is 2. The van der Waals surface area contributed by atoms with Crippen LogP contribution in [0, 0.1) is 0 Å². The molecule has 0 saturated heterocycles. The molecule has 0 unspecified atom stereocenters. The van der Waals surface area contributed by atoms with E-state index in [0.29, 0.717) is 0 Å². The number of hydrogen-bond donors (Lipinski definition) is 0. The van der Waals surface area contributed by atoms with Gasteiger partial charge in [0.1, 0.15) is 6.42 Å². The van der Waals surface area contributed by atoms with E-state index in [1.807, 2.05) is 18.2 Å². The number of methoxy groups -OCH3 is 1. The average Bonchev–Trinajstić information content (AvgIpc) is 2.28. The third-order valence-corrected chi connectivity index (χ3v) is 2.78. The number of benzene rings is 1. The molecular formula is C11H12BrNO3. The minimum absolute atomic E-state index is 0.256. The van der Waals surface area contributed by atoms with Crippen LogP contribution in [0.15, 0.2) is 28.7 Å². The Morgan fingerprint density at radius 3 is 2.56 bits per heavy atom. The molecule has 0 atom stereocenters. The van der Waals surface area contributed by atoms with E-state index in [0.717, 1.165) is 10.2 Å². The fraction of sp³-hybridized carbons (Fsp3) is 0.273. The Bertz CT molecular complexity index is 406. The van der Waals surface area contributed by atoms with Crippen molar-refractivity contribution < 1.29 is 14.3 Å². The monoisotopic (exact) mass is 285 g/mol. The first kappa shape index (κ1) is 12.7. The van der Waals surface area contributed by atoms with Crippen molar-refractivity contribution in [2.45, 2.75) is 6.42 Å². The Morgan fingerprint density at radius 2 is 2.00 bits per heavy atom. The van der Waals surface area contributed by atoms with Crippen LogP contribution in [0.4, 0.5) is 5.69 Å². The number of esters is 1. The summed E-state index contributed by atoms with van der Waals surface area (Å²) in [5.41, 5.74) is 0.719. The van der Waals surface area contributed by atoms with Crippen LogP contribution in [0.2, 0.25) is 0 Å². The predicted molar refractivity (Wildman–Crippen MR) is 64.2 cm³/mol. The molecule has 1 amide bonds. The number of anilines is 1. The minimum Gasteiger partial charge on any atom is -0.469 e. The number of amides is 1. The van der Waals surface area contributed by atoms with E-state index in [1.54, 1.807) is 13.1 Å². The molecule has 4 nitrogen and oxygen atoms in total. The van der Waals surface area contributed by atoms with Crippen LogP contribution in [-0.4, -0.2) is 26.0 Å². The van der Waals surface area contributed by atoms with Crippen molar-refractivity contribution in [3.05, 3.63) is 28.7 Å². The topological polar surface area (TPSA) is 46.6 Å². The highest BCUT2D eigenvalue weighted by Crippen LogP contribution is 2.24. The predicted octanol–water partition coefficient (Wildman–Crippen LogP) is 1.97. The zero-order valence-electron chi connectivity index (χ0n) is 9.07. The molecule has 0 spiro atoms. The summed E-state index contributed by atoms with van der Waals surface area (Å²) in [6.45, 7) is 0. The summed E-state index contributed by atoms with van der Waals surface area (Å²) in [7, 11) is 2.87. The number of ether oxygens (including phenoxy) is 1. The van der Waals surface area contributed by atoms with Crippen LogP contribution < -0.4 is 4.90 Å².